The van der Waals surface area contributed by atoms with Crippen molar-refractivity contribution in [1.29, 1.82) is 0 Å². The number of anilines is 1. The molecule has 2 aliphatic heterocycles. The topological polar surface area (TPSA) is 84.7 Å². The molecule has 8 nitrogen and oxygen atoms in total. The number of ether oxygens (including phenoxy) is 1. The molecule has 2 atom stereocenters. The van der Waals surface area contributed by atoms with E-state index in [4.69, 9.17) is 4.74 Å². The third-order valence-corrected chi connectivity index (χ3v) is 5.29. The van der Waals surface area contributed by atoms with E-state index in [9.17, 15) is 13.2 Å². The van der Waals surface area contributed by atoms with Crippen LogP contribution in [-0.2, 0) is 26.1 Å². The predicted molar refractivity (Wildman–Crippen MR) is 75.3 cm³/mol. The van der Waals surface area contributed by atoms with E-state index in [0.717, 1.165) is 6.26 Å². The van der Waals surface area contributed by atoms with E-state index >= 15 is 0 Å². The number of fused-ring (bicyclic) bond motifs is 1. The third kappa shape index (κ3) is 2.45. The highest BCUT2D eigenvalue weighted by Crippen LogP contribution is 2.28. The van der Waals surface area contributed by atoms with E-state index < -0.39 is 16.1 Å². The fourth-order valence-electron chi connectivity index (χ4n) is 2.97. The third-order valence-electron chi connectivity index (χ3n) is 4.03. The Hall–Kier alpha value is -1.45. The molecule has 3 heterocycles. The quantitative estimate of drug-likeness (QED) is 0.735. The first kappa shape index (κ1) is 14.5. The van der Waals surface area contributed by atoms with E-state index in [2.05, 4.69) is 5.10 Å². The van der Waals surface area contributed by atoms with Gasteiger partial charge in [0.05, 0.1) is 25.1 Å². The van der Waals surface area contributed by atoms with Crippen molar-refractivity contribution < 1.29 is 17.9 Å². The van der Waals surface area contributed by atoms with Crippen molar-refractivity contribution in [2.45, 2.75) is 25.1 Å². The van der Waals surface area contributed by atoms with E-state index in [1.807, 2.05) is 0 Å². The monoisotopic (exact) mass is 314 g/mol. The first-order chi connectivity index (χ1) is 9.91. The van der Waals surface area contributed by atoms with Gasteiger partial charge in [0.2, 0.25) is 15.9 Å². The Kier molecular flexibility index (Phi) is 3.50. The lowest BCUT2D eigenvalue weighted by atomic mass is 10.2. The van der Waals surface area contributed by atoms with Gasteiger partial charge < -0.3 is 4.74 Å². The van der Waals surface area contributed by atoms with Gasteiger partial charge in [-0.2, -0.15) is 9.40 Å². The maximum Gasteiger partial charge on any atom is 0.246 e. The van der Waals surface area contributed by atoms with Crippen LogP contribution in [0.5, 0.6) is 0 Å². The fraction of sp³-hybridized carbons (Fsp3) is 0.667. The number of sulfonamides is 1. The summed E-state index contributed by atoms with van der Waals surface area (Å²) < 4.78 is 32.0. The fourth-order valence-corrected chi connectivity index (χ4v) is 4.05. The number of carbonyl (C=O) groups excluding carboxylic acids is 1. The van der Waals surface area contributed by atoms with E-state index in [-0.39, 0.29) is 18.6 Å². The maximum atomic E-state index is 12.8. The van der Waals surface area contributed by atoms with Crippen LogP contribution >= 0.6 is 0 Å². The standard InChI is InChI=1S/C12H18N4O4S/c1-20-9-7-10(16(8-9)21(2,18)19)12(17)14-5-6-15-11(14)3-4-13-15/h3-4,9-10H,5-8H2,1-2H3/t9-,10+/m0/s1. The average Bonchev–Trinajstić information content (AvgIpc) is 3.11. The molecule has 3 rings (SSSR count). The molecule has 0 radical (unpaired) electrons. The van der Waals surface area contributed by atoms with Crippen LogP contribution in [0.15, 0.2) is 12.3 Å². The summed E-state index contributed by atoms with van der Waals surface area (Å²) in [5.74, 6) is 0.508. The molecule has 0 saturated carbocycles. The zero-order valence-corrected chi connectivity index (χ0v) is 12.8. The molecule has 1 amide bonds. The summed E-state index contributed by atoms with van der Waals surface area (Å²) in [6.07, 6.45) is 2.89. The summed E-state index contributed by atoms with van der Waals surface area (Å²) in [7, 11) is -1.92. The summed E-state index contributed by atoms with van der Waals surface area (Å²) >= 11 is 0. The van der Waals surface area contributed by atoms with Crippen molar-refractivity contribution in [2.24, 2.45) is 0 Å². The smallest absolute Gasteiger partial charge is 0.246 e. The first-order valence-corrected chi connectivity index (χ1v) is 8.59. The van der Waals surface area contributed by atoms with Crippen molar-refractivity contribution in [3.05, 3.63) is 12.3 Å². The number of methoxy groups -OCH3 is 1. The Balaban J connectivity index is 1.87. The van der Waals surface area contributed by atoms with E-state index in [1.165, 1.54) is 11.4 Å². The Morgan fingerprint density at radius 1 is 1.43 bits per heavy atom. The lowest BCUT2D eigenvalue weighted by Crippen LogP contribution is -2.47. The molecular weight excluding hydrogens is 296 g/mol. The molecule has 0 unspecified atom stereocenters. The van der Waals surface area contributed by atoms with Gasteiger partial charge in [0.25, 0.3) is 0 Å². The molecule has 0 N–H and O–H groups in total. The van der Waals surface area contributed by atoms with Crippen LogP contribution in [0.3, 0.4) is 0 Å². The molecule has 1 saturated heterocycles. The van der Waals surface area contributed by atoms with E-state index in [0.29, 0.717) is 25.3 Å². The number of carbonyl (C=O) groups is 1. The predicted octanol–water partition coefficient (Wildman–Crippen LogP) is -0.721. The summed E-state index contributed by atoms with van der Waals surface area (Å²) in [6, 6.07) is 1.06. The molecular formula is C12H18N4O4S. The van der Waals surface area contributed by atoms with Gasteiger partial charge in [0.15, 0.2) is 0 Å². The molecule has 0 bridgehead atoms. The minimum Gasteiger partial charge on any atom is -0.380 e. The second-order valence-electron chi connectivity index (χ2n) is 5.34. The molecule has 0 spiro atoms. The second kappa shape index (κ2) is 5.08. The molecule has 1 aromatic rings. The maximum absolute atomic E-state index is 12.8. The lowest BCUT2D eigenvalue weighted by Gasteiger charge is -2.25. The second-order valence-corrected chi connectivity index (χ2v) is 7.28. The molecule has 9 heteroatoms. The summed E-state index contributed by atoms with van der Waals surface area (Å²) in [5, 5.41) is 4.12. The Bertz CT molecular complexity index is 656. The number of hydrogen-bond acceptors (Lipinski definition) is 5. The minimum atomic E-state index is -3.45. The minimum absolute atomic E-state index is 0.209. The normalized spacial score (nSPS) is 26.3. The van der Waals surface area contributed by atoms with Gasteiger partial charge in [0, 0.05) is 32.7 Å². The van der Waals surface area contributed by atoms with Gasteiger partial charge in [-0.1, -0.05) is 0 Å². The van der Waals surface area contributed by atoms with Crippen molar-refractivity contribution in [3.8, 4) is 0 Å². The highest BCUT2D eigenvalue weighted by molar-refractivity contribution is 7.88. The van der Waals surface area contributed by atoms with Gasteiger partial charge >= 0.3 is 0 Å². The van der Waals surface area contributed by atoms with Crippen LogP contribution in [0.2, 0.25) is 0 Å². The Morgan fingerprint density at radius 2 is 2.19 bits per heavy atom. The Labute approximate surface area is 123 Å². The zero-order chi connectivity index (χ0) is 15.2. The summed E-state index contributed by atoms with van der Waals surface area (Å²) in [5.41, 5.74) is 0. The molecule has 2 aliphatic rings. The van der Waals surface area contributed by atoms with Gasteiger partial charge in [-0.05, 0) is 0 Å². The molecule has 1 aromatic heterocycles. The van der Waals surface area contributed by atoms with Crippen LogP contribution in [-0.4, -0.2) is 67.0 Å². The van der Waals surface area contributed by atoms with Crippen molar-refractivity contribution >= 4 is 21.7 Å². The molecule has 0 aromatic carbocycles. The first-order valence-electron chi connectivity index (χ1n) is 6.74. The number of hydrogen-bond donors (Lipinski definition) is 0. The number of amides is 1. The van der Waals surface area contributed by atoms with Crippen LogP contribution in [0.25, 0.3) is 0 Å². The zero-order valence-electron chi connectivity index (χ0n) is 12.0. The SMILES string of the molecule is CO[C@H]1C[C@H](C(=O)N2CCn3nccc32)N(S(C)(=O)=O)C1. The highest BCUT2D eigenvalue weighted by atomic mass is 32.2. The van der Waals surface area contributed by atoms with Crippen LogP contribution in [0, 0.1) is 0 Å². The molecule has 21 heavy (non-hydrogen) atoms. The summed E-state index contributed by atoms with van der Waals surface area (Å²) in [4.78, 5) is 14.4. The number of aromatic nitrogens is 2. The highest BCUT2D eigenvalue weighted by Gasteiger charge is 2.44. The van der Waals surface area contributed by atoms with Crippen LogP contribution in [0.4, 0.5) is 5.82 Å². The molecule has 1 fully saturated rings. The van der Waals surface area contributed by atoms with Gasteiger partial charge in [0.1, 0.15) is 11.9 Å². The van der Waals surface area contributed by atoms with Crippen LogP contribution in [0.1, 0.15) is 6.42 Å². The summed E-state index contributed by atoms with van der Waals surface area (Å²) in [6.45, 7) is 1.37. The van der Waals surface area contributed by atoms with Crippen molar-refractivity contribution in [1.82, 2.24) is 14.1 Å². The van der Waals surface area contributed by atoms with Crippen molar-refractivity contribution in [3.63, 3.8) is 0 Å². The number of rotatable bonds is 3. The van der Waals surface area contributed by atoms with Gasteiger partial charge in [-0.25, -0.2) is 13.1 Å². The largest absolute Gasteiger partial charge is 0.380 e. The molecule has 0 aliphatic carbocycles. The Morgan fingerprint density at radius 3 is 2.86 bits per heavy atom. The van der Waals surface area contributed by atoms with Crippen LogP contribution < -0.4 is 4.90 Å². The lowest BCUT2D eigenvalue weighted by molar-refractivity contribution is -0.121. The average molecular weight is 314 g/mol. The molecule has 116 valence electrons. The number of nitrogens with zero attached hydrogens (tertiary/aromatic N) is 4. The van der Waals surface area contributed by atoms with Gasteiger partial charge in [-0.3, -0.25) is 9.69 Å². The van der Waals surface area contributed by atoms with Crippen molar-refractivity contribution in [2.75, 3.05) is 31.4 Å². The van der Waals surface area contributed by atoms with E-state index in [1.54, 1.807) is 21.8 Å². The van der Waals surface area contributed by atoms with Gasteiger partial charge in [-0.15, -0.1) is 0 Å².